The molecule has 1 aromatic heterocycles. The number of ether oxygens (including phenoxy) is 1. The summed E-state index contributed by atoms with van der Waals surface area (Å²) in [5.74, 6) is -0.0999. The monoisotopic (exact) mass is 367 g/mol. The van der Waals surface area contributed by atoms with E-state index in [2.05, 4.69) is 0 Å². The van der Waals surface area contributed by atoms with Gasteiger partial charge in [0.05, 0.1) is 25.8 Å². The number of hydrogen-bond acceptors (Lipinski definition) is 4. The van der Waals surface area contributed by atoms with E-state index in [0.29, 0.717) is 12.0 Å². The van der Waals surface area contributed by atoms with Gasteiger partial charge in [0.1, 0.15) is 11.5 Å². The Kier molecular flexibility index (Phi) is 5.47. The Morgan fingerprint density at radius 1 is 1.07 bits per heavy atom. The molecule has 0 fully saturated rings. The maximum atomic E-state index is 11.0. The number of benzene rings is 2. The van der Waals surface area contributed by atoms with E-state index in [1.165, 1.54) is 6.07 Å². The molecule has 6 heteroatoms. The van der Waals surface area contributed by atoms with Crippen molar-refractivity contribution in [2.75, 3.05) is 7.11 Å². The lowest BCUT2D eigenvalue weighted by atomic mass is 10.1. The number of hydrogen-bond donors (Lipinski definition) is 3. The lowest BCUT2D eigenvalue weighted by molar-refractivity contribution is -0.136. The zero-order valence-corrected chi connectivity index (χ0v) is 14.9. The Morgan fingerprint density at radius 3 is 2.44 bits per heavy atom. The van der Waals surface area contributed by atoms with Crippen molar-refractivity contribution >= 4 is 5.97 Å². The molecule has 0 spiro atoms. The van der Waals surface area contributed by atoms with Gasteiger partial charge in [0.25, 0.3) is 0 Å². The van der Waals surface area contributed by atoms with Gasteiger partial charge < -0.3 is 24.6 Å². The Bertz CT molecular complexity index is 944. The zero-order valence-electron chi connectivity index (χ0n) is 14.9. The first-order chi connectivity index (χ1) is 13.0. The molecule has 2 aromatic carbocycles. The number of carbonyl (C=O) groups is 1. The quantitative estimate of drug-likeness (QED) is 0.595. The van der Waals surface area contributed by atoms with Crippen LogP contribution in [0.5, 0.6) is 11.5 Å². The molecule has 140 valence electrons. The fourth-order valence-electron chi connectivity index (χ4n) is 3.04. The molecular weight excluding hydrogens is 346 g/mol. The third kappa shape index (κ3) is 3.96. The number of aryl methyl sites for hydroxylation is 1. The smallest absolute Gasteiger partial charge is 0.303 e. The first-order valence-corrected chi connectivity index (χ1v) is 8.53. The lowest BCUT2D eigenvalue weighted by Gasteiger charge is -2.15. The van der Waals surface area contributed by atoms with Gasteiger partial charge in [-0.05, 0) is 66.6 Å². The predicted molar refractivity (Wildman–Crippen MR) is 101 cm³/mol. The summed E-state index contributed by atoms with van der Waals surface area (Å²) in [4.78, 5) is 11.0. The Hall–Kier alpha value is -3.25. The summed E-state index contributed by atoms with van der Waals surface area (Å²) >= 11 is 0. The molecular formula is C21H21NO5. The average Bonchev–Trinajstić information content (AvgIpc) is 3.10. The van der Waals surface area contributed by atoms with Crippen molar-refractivity contribution in [1.82, 2.24) is 4.57 Å². The molecule has 0 amide bonds. The van der Waals surface area contributed by atoms with Crippen LogP contribution in [-0.2, 0) is 17.8 Å². The van der Waals surface area contributed by atoms with Crippen LogP contribution in [0.25, 0.3) is 16.9 Å². The van der Waals surface area contributed by atoms with Crippen LogP contribution in [-0.4, -0.2) is 33.0 Å². The van der Waals surface area contributed by atoms with E-state index in [4.69, 9.17) is 9.84 Å². The summed E-state index contributed by atoms with van der Waals surface area (Å²) in [6.07, 6.45) is 0.373. The summed E-state index contributed by atoms with van der Waals surface area (Å²) in [6.45, 7) is -0.288. The molecule has 0 aliphatic rings. The SMILES string of the molecule is COc1ccc(-c2ccc(CCC(=O)O)n2-c2ccc(O)c(CO)c2)cc1. The van der Waals surface area contributed by atoms with Crippen LogP contribution in [0.3, 0.4) is 0 Å². The summed E-state index contributed by atoms with van der Waals surface area (Å²) in [5, 5.41) is 28.4. The number of methoxy groups -OCH3 is 1. The van der Waals surface area contributed by atoms with Crippen LogP contribution in [0.1, 0.15) is 17.7 Å². The Labute approximate surface area is 156 Å². The fraction of sp³-hybridized carbons (Fsp3) is 0.190. The minimum absolute atomic E-state index is 0.0109. The number of nitrogens with zero attached hydrogens (tertiary/aromatic N) is 1. The van der Waals surface area contributed by atoms with Gasteiger partial charge in [0.15, 0.2) is 0 Å². The van der Waals surface area contributed by atoms with E-state index in [0.717, 1.165) is 28.4 Å². The summed E-state index contributed by atoms with van der Waals surface area (Å²) in [6, 6.07) is 16.4. The molecule has 0 aliphatic carbocycles. The fourth-order valence-corrected chi connectivity index (χ4v) is 3.04. The number of aliphatic hydroxyl groups excluding tert-OH is 1. The molecule has 0 radical (unpaired) electrons. The molecule has 27 heavy (non-hydrogen) atoms. The van der Waals surface area contributed by atoms with Crippen molar-refractivity contribution in [1.29, 1.82) is 0 Å². The average molecular weight is 367 g/mol. The predicted octanol–water partition coefficient (Wildman–Crippen LogP) is 3.37. The van der Waals surface area contributed by atoms with Gasteiger partial charge >= 0.3 is 5.97 Å². The van der Waals surface area contributed by atoms with Gasteiger partial charge in [-0.25, -0.2) is 0 Å². The number of aliphatic hydroxyl groups is 1. The third-order valence-electron chi connectivity index (χ3n) is 4.43. The number of aromatic hydroxyl groups is 1. The molecule has 1 heterocycles. The number of rotatable bonds is 7. The first kappa shape index (κ1) is 18.5. The largest absolute Gasteiger partial charge is 0.508 e. The highest BCUT2D eigenvalue weighted by Crippen LogP contribution is 2.30. The lowest BCUT2D eigenvalue weighted by Crippen LogP contribution is -2.06. The van der Waals surface area contributed by atoms with Gasteiger partial charge in [0, 0.05) is 16.9 Å². The van der Waals surface area contributed by atoms with E-state index in [-0.39, 0.29) is 18.8 Å². The highest BCUT2D eigenvalue weighted by Gasteiger charge is 2.14. The van der Waals surface area contributed by atoms with Crippen molar-refractivity contribution in [3.8, 4) is 28.4 Å². The van der Waals surface area contributed by atoms with E-state index in [1.54, 1.807) is 19.2 Å². The summed E-state index contributed by atoms with van der Waals surface area (Å²) in [7, 11) is 1.61. The highest BCUT2D eigenvalue weighted by molar-refractivity contribution is 5.68. The van der Waals surface area contributed by atoms with Crippen LogP contribution in [0.2, 0.25) is 0 Å². The molecule has 3 aromatic rings. The molecule has 0 saturated carbocycles. The molecule has 6 nitrogen and oxygen atoms in total. The van der Waals surface area contributed by atoms with Crippen molar-refractivity contribution in [2.45, 2.75) is 19.4 Å². The van der Waals surface area contributed by atoms with Crippen LogP contribution in [0.4, 0.5) is 0 Å². The van der Waals surface area contributed by atoms with Crippen molar-refractivity contribution in [3.63, 3.8) is 0 Å². The molecule has 0 atom stereocenters. The molecule has 0 saturated heterocycles. The minimum Gasteiger partial charge on any atom is -0.508 e. The molecule has 3 N–H and O–H groups in total. The van der Waals surface area contributed by atoms with E-state index in [9.17, 15) is 15.0 Å². The van der Waals surface area contributed by atoms with E-state index < -0.39 is 5.97 Å². The molecule has 0 bridgehead atoms. The maximum absolute atomic E-state index is 11.0. The standard InChI is InChI=1S/C21H21NO5/c1-27-18-7-2-14(3-8-18)19-9-4-16(6-11-21(25)26)22(19)17-5-10-20(24)15(12-17)13-23/h2-5,7-10,12,23-24H,6,11,13H2,1H3,(H,25,26). The van der Waals surface area contributed by atoms with Crippen molar-refractivity contribution < 1.29 is 24.9 Å². The topological polar surface area (TPSA) is 91.9 Å². The zero-order chi connectivity index (χ0) is 19.4. The van der Waals surface area contributed by atoms with Crippen LogP contribution < -0.4 is 4.74 Å². The minimum atomic E-state index is -0.865. The van der Waals surface area contributed by atoms with Crippen LogP contribution >= 0.6 is 0 Å². The van der Waals surface area contributed by atoms with Gasteiger partial charge in [0.2, 0.25) is 0 Å². The highest BCUT2D eigenvalue weighted by atomic mass is 16.5. The maximum Gasteiger partial charge on any atom is 0.303 e. The Morgan fingerprint density at radius 2 is 1.81 bits per heavy atom. The van der Waals surface area contributed by atoms with Crippen LogP contribution in [0, 0.1) is 0 Å². The van der Waals surface area contributed by atoms with Gasteiger partial charge in [-0.3, -0.25) is 4.79 Å². The Balaban J connectivity index is 2.12. The second-order valence-corrected chi connectivity index (χ2v) is 6.14. The number of aliphatic carboxylic acids is 1. The van der Waals surface area contributed by atoms with Crippen LogP contribution in [0.15, 0.2) is 54.6 Å². The molecule has 0 unspecified atom stereocenters. The van der Waals surface area contributed by atoms with Crippen molar-refractivity contribution in [3.05, 3.63) is 65.9 Å². The normalized spacial score (nSPS) is 10.7. The summed E-state index contributed by atoms with van der Waals surface area (Å²) < 4.78 is 7.15. The second kappa shape index (κ2) is 7.97. The third-order valence-corrected chi connectivity index (χ3v) is 4.43. The molecule has 0 aliphatic heterocycles. The van der Waals surface area contributed by atoms with Gasteiger partial charge in [-0.2, -0.15) is 0 Å². The number of carboxylic acids is 1. The van der Waals surface area contributed by atoms with Crippen molar-refractivity contribution in [2.24, 2.45) is 0 Å². The number of aromatic nitrogens is 1. The van der Waals surface area contributed by atoms with Gasteiger partial charge in [-0.15, -0.1) is 0 Å². The molecule has 3 rings (SSSR count). The van der Waals surface area contributed by atoms with E-state index in [1.807, 2.05) is 41.0 Å². The summed E-state index contributed by atoms with van der Waals surface area (Å²) in [5.41, 5.74) is 3.81. The number of phenols is 1. The number of carboxylic acid groups (broad SMARTS) is 1. The second-order valence-electron chi connectivity index (χ2n) is 6.14. The first-order valence-electron chi connectivity index (χ1n) is 8.53. The van der Waals surface area contributed by atoms with E-state index >= 15 is 0 Å². The van der Waals surface area contributed by atoms with Gasteiger partial charge in [-0.1, -0.05) is 0 Å².